The van der Waals surface area contributed by atoms with Crippen molar-refractivity contribution < 1.29 is 9.32 Å². The molecule has 0 aliphatic carbocycles. The first kappa shape index (κ1) is 17.9. The number of thiophene rings is 1. The van der Waals surface area contributed by atoms with Crippen LogP contribution >= 0.6 is 11.3 Å². The fraction of sp³-hybridized carbons (Fsp3) is 0.381. The summed E-state index contributed by atoms with van der Waals surface area (Å²) in [7, 11) is 0. The van der Waals surface area contributed by atoms with E-state index in [1.54, 1.807) is 11.3 Å². The molecule has 2 aromatic heterocycles. The predicted molar refractivity (Wildman–Crippen MR) is 106 cm³/mol. The van der Waals surface area contributed by atoms with Crippen molar-refractivity contribution in [3.05, 3.63) is 58.1 Å². The molecule has 0 bridgehead atoms. The summed E-state index contributed by atoms with van der Waals surface area (Å²) in [4.78, 5) is 19.2. The van der Waals surface area contributed by atoms with Crippen LogP contribution in [0.4, 0.5) is 0 Å². The Bertz CT molecular complexity index is 887. The van der Waals surface area contributed by atoms with Crippen LogP contribution in [0.1, 0.15) is 36.3 Å². The van der Waals surface area contributed by atoms with E-state index in [0.29, 0.717) is 30.6 Å². The topological polar surface area (TPSA) is 59.2 Å². The van der Waals surface area contributed by atoms with Gasteiger partial charge in [0.15, 0.2) is 0 Å². The molecule has 27 heavy (non-hydrogen) atoms. The fourth-order valence-electron chi connectivity index (χ4n) is 3.60. The van der Waals surface area contributed by atoms with Gasteiger partial charge < -0.3 is 9.42 Å². The van der Waals surface area contributed by atoms with E-state index in [1.807, 2.05) is 21.7 Å². The number of benzene rings is 1. The number of hydrogen-bond acceptors (Lipinski definition) is 5. The molecule has 1 fully saturated rings. The van der Waals surface area contributed by atoms with Gasteiger partial charge >= 0.3 is 0 Å². The summed E-state index contributed by atoms with van der Waals surface area (Å²) in [6.45, 7) is 2.94. The van der Waals surface area contributed by atoms with Gasteiger partial charge in [-0.25, -0.2) is 0 Å². The molecule has 5 nitrogen and oxygen atoms in total. The molecule has 6 heteroatoms. The molecule has 0 spiro atoms. The van der Waals surface area contributed by atoms with E-state index in [1.165, 1.54) is 11.1 Å². The van der Waals surface area contributed by atoms with Crippen molar-refractivity contribution in [1.29, 1.82) is 0 Å². The van der Waals surface area contributed by atoms with Crippen molar-refractivity contribution in [2.24, 2.45) is 0 Å². The Labute approximate surface area is 163 Å². The van der Waals surface area contributed by atoms with Crippen LogP contribution in [0.25, 0.3) is 11.4 Å². The Morgan fingerprint density at radius 1 is 1.30 bits per heavy atom. The summed E-state index contributed by atoms with van der Waals surface area (Å²) >= 11 is 1.60. The Morgan fingerprint density at radius 2 is 2.15 bits per heavy atom. The highest BCUT2D eigenvalue weighted by molar-refractivity contribution is 7.08. The van der Waals surface area contributed by atoms with Gasteiger partial charge in [0.25, 0.3) is 0 Å². The Kier molecular flexibility index (Phi) is 5.34. The highest BCUT2D eigenvalue weighted by Crippen LogP contribution is 2.23. The van der Waals surface area contributed by atoms with Crippen LogP contribution < -0.4 is 0 Å². The minimum absolute atomic E-state index is 0.180. The first-order valence-corrected chi connectivity index (χ1v) is 10.3. The molecule has 1 aromatic carbocycles. The minimum Gasteiger partial charge on any atom is -0.339 e. The summed E-state index contributed by atoms with van der Waals surface area (Å²) in [6, 6.07) is 10.9. The zero-order valence-corrected chi connectivity index (χ0v) is 16.2. The van der Waals surface area contributed by atoms with Crippen LogP contribution in [0.5, 0.6) is 0 Å². The van der Waals surface area contributed by atoms with Crippen LogP contribution in [-0.2, 0) is 17.6 Å². The van der Waals surface area contributed by atoms with E-state index < -0.39 is 0 Å². The van der Waals surface area contributed by atoms with Crippen LogP contribution in [0, 0.1) is 6.92 Å². The second-order valence-corrected chi connectivity index (χ2v) is 7.88. The summed E-state index contributed by atoms with van der Waals surface area (Å²) in [5.74, 6) is 1.30. The Hall–Kier alpha value is -2.47. The molecule has 0 saturated carbocycles. The van der Waals surface area contributed by atoms with E-state index in [9.17, 15) is 4.79 Å². The van der Waals surface area contributed by atoms with Gasteiger partial charge in [0.05, 0.1) is 0 Å². The Morgan fingerprint density at radius 3 is 2.93 bits per heavy atom. The average Bonchev–Trinajstić information content (AvgIpc) is 3.43. The normalized spacial score (nSPS) is 16.8. The van der Waals surface area contributed by atoms with E-state index in [2.05, 4.69) is 41.3 Å². The smallest absolute Gasteiger partial charge is 0.227 e. The largest absolute Gasteiger partial charge is 0.339 e. The molecular weight excluding hydrogens is 358 g/mol. The van der Waals surface area contributed by atoms with E-state index in [0.717, 1.165) is 31.4 Å². The first-order chi connectivity index (χ1) is 13.2. The molecule has 0 radical (unpaired) electrons. The number of hydrogen-bond donors (Lipinski definition) is 0. The standard InChI is InChI=1S/C21H23N3O2S/c1-15-4-6-16(7-5-15)13-18-3-2-11-24(18)20(25)9-8-19-22-21(23-26-19)17-10-12-27-14-17/h4-7,10,12,14,18H,2-3,8-9,11,13H2,1H3. The molecule has 0 N–H and O–H groups in total. The fourth-order valence-corrected chi connectivity index (χ4v) is 4.23. The van der Waals surface area contributed by atoms with Crippen molar-refractivity contribution >= 4 is 17.2 Å². The minimum atomic E-state index is 0.180. The average molecular weight is 382 g/mol. The van der Waals surface area contributed by atoms with Crippen LogP contribution in [0.3, 0.4) is 0 Å². The van der Waals surface area contributed by atoms with Crippen molar-refractivity contribution in [2.75, 3.05) is 6.54 Å². The lowest BCUT2D eigenvalue weighted by molar-refractivity contribution is -0.132. The van der Waals surface area contributed by atoms with Crippen LogP contribution in [-0.4, -0.2) is 33.5 Å². The number of aryl methyl sites for hydroxylation is 2. The predicted octanol–water partition coefficient (Wildman–Crippen LogP) is 4.27. The summed E-state index contributed by atoms with van der Waals surface area (Å²) in [5, 5.41) is 7.98. The van der Waals surface area contributed by atoms with Crippen molar-refractivity contribution in [3.8, 4) is 11.4 Å². The van der Waals surface area contributed by atoms with Crippen molar-refractivity contribution in [3.63, 3.8) is 0 Å². The molecule has 1 unspecified atom stereocenters. The third-order valence-corrected chi connectivity index (χ3v) is 5.77. The van der Waals surface area contributed by atoms with Gasteiger partial charge in [0, 0.05) is 36.4 Å². The maximum absolute atomic E-state index is 12.7. The van der Waals surface area contributed by atoms with Crippen LogP contribution in [0.2, 0.25) is 0 Å². The third-order valence-electron chi connectivity index (χ3n) is 5.09. The first-order valence-electron chi connectivity index (χ1n) is 9.39. The summed E-state index contributed by atoms with van der Waals surface area (Å²) < 4.78 is 5.31. The van der Waals surface area contributed by atoms with Crippen molar-refractivity contribution in [1.82, 2.24) is 15.0 Å². The number of aromatic nitrogens is 2. The molecule has 1 saturated heterocycles. The number of likely N-dealkylation sites (tertiary alicyclic amines) is 1. The number of amides is 1. The molecule has 4 rings (SSSR count). The molecule has 1 atom stereocenters. The number of nitrogens with zero attached hydrogens (tertiary/aromatic N) is 3. The zero-order chi connectivity index (χ0) is 18.6. The molecular formula is C21H23N3O2S. The molecule has 1 amide bonds. The Balaban J connectivity index is 1.34. The summed E-state index contributed by atoms with van der Waals surface area (Å²) in [5.41, 5.74) is 3.51. The van der Waals surface area contributed by atoms with Gasteiger partial charge in [-0.3, -0.25) is 4.79 Å². The van der Waals surface area contributed by atoms with Gasteiger partial charge in [0.1, 0.15) is 0 Å². The zero-order valence-electron chi connectivity index (χ0n) is 15.4. The van der Waals surface area contributed by atoms with Gasteiger partial charge in [-0.2, -0.15) is 16.3 Å². The second kappa shape index (κ2) is 8.05. The molecule has 1 aliphatic rings. The maximum Gasteiger partial charge on any atom is 0.227 e. The van der Waals surface area contributed by atoms with E-state index in [-0.39, 0.29) is 5.91 Å². The van der Waals surface area contributed by atoms with Crippen LogP contribution in [0.15, 0.2) is 45.6 Å². The maximum atomic E-state index is 12.7. The highest BCUT2D eigenvalue weighted by atomic mass is 32.1. The molecule has 3 heterocycles. The monoisotopic (exact) mass is 381 g/mol. The van der Waals surface area contributed by atoms with Gasteiger partial charge in [-0.05, 0) is 43.2 Å². The SMILES string of the molecule is Cc1ccc(CC2CCCN2C(=O)CCc2nc(-c3ccsc3)no2)cc1. The lowest BCUT2D eigenvalue weighted by atomic mass is 10.0. The number of rotatable bonds is 6. The highest BCUT2D eigenvalue weighted by Gasteiger charge is 2.28. The third kappa shape index (κ3) is 4.27. The summed E-state index contributed by atoms with van der Waals surface area (Å²) in [6.07, 6.45) is 3.97. The lowest BCUT2D eigenvalue weighted by Gasteiger charge is -2.25. The van der Waals surface area contributed by atoms with Gasteiger partial charge in [-0.1, -0.05) is 35.0 Å². The van der Waals surface area contributed by atoms with E-state index >= 15 is 0 Å². The van der Waals surface area contributed by atoms with Gasteiger partial charge in [0.2, 0.25) is 17.6 Å². The van der Waals surface area contributed by atoms with Gasteiger partial charge in [-0.15, -0.1) is 0 Å². The number of carbonyl (C=O) groups excluding carboxylic acids is 1. The van der Waals surface area contributed by atoms with E-state index in [4.69, 9.17) is 4.52 Å². The number of carbonyl (C=O) groups is 1. The molecule has 1 aliphatic heterocycles. The molecule has 3 aromatic rings. The van der Waals surface area contributed by atoms with Crippen molar-refractivity contribution in [2.45, 2.75) is 45.1 Å². The lowest BCUT2D eigenvalue weighted by Crippen LogP contribution is -2.36. The molecule has 140 valence electrons. The quantitative estimate of drug-likeness (QED) is 0.640. The second-order valence-electron chi connectivity index (χ2n) is 7.10.